The second-order valence-electron chi connectivity index (χ2n) is 5.02. The van der Waals surface area contributed by atoms with E-state index in [2.05, 4.69) is 53.6 Å². The fraction of sp³-hybridized carbons (Fsp3) is 0.500. The zero-order valence-electron chi connectivity index (χ0n) is 12.4. The molecule has 1 aromatic heterocycles. The minimum Gasteiger partial charge on any atom is -0.425 e. The molecule has 0 fully saturated rings. The first kappa shape index (κ1) is 14.7. The van der Waals surface area contributed by atoms with Gasteiger partial charge in [0.2, 0.25) is 11.8 Å². The van der Waals surface area contributed by atoms with E-state index in [0.717, 1.165) is 50.6 Å². The van der Waals surface area contributed by atoms with E-state index in [1.165, 1.54) is 11.1 Å². The molecule has 0 bridgehead atoms. The second-order valence-corrected chi connectivity index (χ2v) is 5.02. The van der Waals surface area contributed by atoms with Gasteiger partial charge in [0.05, 0.1) is 0 Å². The number of nitrogens with zero attached hydrogens (tertiary/aromatic N) is 2. The summed E-state index contributed by atoms with van der Waals surface area (Å²) in [6.45, 7) is 6.22. The number of hydrogen-bond donors (Lipinski definition) is 1. The molecule has 20 heavy (non-hydrogen) atoms. The third-order valence-corrected chi connectivity index (χ3v) is 3.32. The molecule has 4 heteroatoms. The van der Waals surface area contributed by atoms with Crippen LogP contribution >= 0.6 is 0 Å². The number of aromatic nitrogens is 2. The lowest BCUT2D eigenvalue weighted by molar-refractivity contribution is 0.443. The maximum atomic E-state index is 5.66. The zero-order valence-corrected chi connectivity index (χ0v) is 12.4. The summed E-state index contributed by atoms with van der Waals surface area (Å²) in [5, 5.41) is 11.5. The summed E-state index contributed by atoms with van der Waals surface area (Å²) < 4.78 is 5.66. The quantitative estimate of drug-likeness (QED) is 0.751. The summed E-state index contributed by atoms with van der Waals surface area (Å²) >= 11 is 0. The Hall–Kier alpha value is -1.68. The van der Waals surface area contributed by atoms with Crippen LogP contribution in [0.4, 0.5) is 0 Å². The lowest BCUT2D eigenvalue weighted by Crippen LogP contribution is -2.17. The molecule has 2 rings (SSSR count). The number of nitrogens with one attached hydrogen (secondary N) is 1. The third kappa shape index (κ3) is 4.46. The highest BCUT2D eigenvalue weighted by Gasteiger charge is 2.06. The van der Waals surface area contributed by atoms with E-state index in [1.807, 2.05) is 0 Å². The Bertz CT molecular complexity index is 522. The van der Waals surface area contributed by atoms with E-state index in [-0.39, 0.29) is 0 Å². The molecule has 1 N–H and O–H groups in total. The highest BCUT2D eigenvalue weighted by Crippen LogP contribution is 2.11. The van der Waals surface area contributed by atoms with Crippen molar-refractivity contribution in [1.29, 1.82) is 0 Å². The van der Waals surface area contributed by atoms with E-state index >= 15 is 0 Å². The Morgan fingerprint density at radius 1 is 1.00 bits per heavy atom. The smallest absolute Gasteiger partial charge is 0.217 e. The van der Waals surface area contributed by atoms with Gasteiger partial charge in [-0.25, -0.2) is 0 Å². The van der Waals surface area contributed by atoms with Gasteiger partial charge in [-0.05, 0) is 37.4 Å². The molecule has 0 unspecified atom stereocenters. The molecule has 0 amide bonds. The Morgan fingerprint density at radius 3 is 2.50 bits per heavy atom. The van der Waals surface area contributed by atoms with Gasteiger partial charge in [-0.2, -0.15) is 0 Å². The molecule has 4 nitrogen and oxygen atoms in total. The summed E-state index contributed by atoms with van der Waals surface area (Å²) in [4.78, 5) is 0. The molecule has 0 spiro atoms. The lowest BCUT2D eigenvalue weighted by atomic mass is 10.0. The minimum atomic E-state index is 0.730. The van der Waals surface area contributed by atoms with Gasteiger partial charge in [0.1, 0.15) is 0 Å². The van der Waals surface area contributed by atoms with E-state index in [4.69, 9.17) is 4.42 Å². The highest BCUT2D eigenvalue weighted by molar-refractivity contribution is 5.25. The normalized spacial score (nSPS) is 10.9. The molecular weight excluding hydrogens is 250 g/mol. The van der Waals surface area contributed by atoms with Crippen LogP contribution in [0.25, 0.3) is 0 Å². The van der Waals surface area contributed by atoms with Crippen molar-refractivity contribution in [3.05, 3.63) is 47.2 Å². The summed E-state index contributed by atoms with van der Waals surface area (Å²) in [5.74, 6) is 1.46. The van der Waals surface area contributed by atoms with Crippen molar-refractivity contribution in [3.63, 3.8) is 0 Å². The first-order valence-corrected chi connectivity index (χ1v) is 7.36. The monoisotopic (exact) mass is 273 g/mol. The van der Waals surface area contributed by atoms with Crippen LogP contribution in [0.2, 0.25) is 0 Å². The largest absolute Gasteiger partial charge is 0.425 e. The van der Waals surface area contributed by atoms with Crippen molar-refractivity contribution in [2.75, 3.05) is 13.1 Å². The minimum absolute atomic E-state index is 0.730. The van der Waals surface area contributed by atoms with Gasteiger partial charge in [0, 0.05) is 19.4 Å². The van der Waals surface area contributed by atoms with E-state index in [1.54, 1.807) is 0 Å². The summed E-state index contributed by atoms with van der Waals surface area (Å²) in [6, 6.07) is 8.42. The Morgan fingerprint density at radius 2 is 1.75 bits per heavy atom. The van der Waals surface area contributed by atoms with E-state index in [9.17, 15) is 0 Å². The number of aryl methyl sites for hydroxylation is 3. The van der Waals surface area contributed by atoms with Crippen molar-refractivity contribution in [2.45, 2.75) is 39.5 Å². The van der Waals surface area contributed by atoms with Gasteiger partial charge >= 0.3 is 0 Å². The molecule has 0 aliphatic carbocycles. The molecule has 1 heterocycles. The van der Waals surface area contributed by atoms with Crippen LogP contribution in [-0.4, -0.2) is 23.3 Å². The summed E-state index contributed by atoms with van der Waals surface area (Å²) in [5.41, 5.74) is 2.66. The molecule has 0 radical (unpaired) electrons. The van der Waals surface area contributed by atoms with Crippen molar-refractivity contribution < 1.29 is 4.42 Å². The number of benzene rings is 1. The molecule has 2 aromatic rings. The van der Waals surface area contributed by atoms with Crippen molar-refractivity contribution >= 4 is 0 Å². The second kappa shape index (κ2) is 7.80. The molecule has 1 aromatic carbocycles. The van der Waals surface area contributed by atoms with Crippen LogP contribution in [0.15, 0.2) is 28.7 Å². The third-order valence-electron chi connectivity index (χ3n) is 3.32. The molecular formula is C16H23N3O. The van der Waals surface area contributed by atoms with Gasteiger partial charge in [-0.3, -0.25) is 0 Å². The van der Waals surface area contributed by atoms with Crippen LogP contribution in [0, 0.1) is 6.92 Å². The molecule has 0 atom stereocenters. The zero-order chi connectivity index (χ0) is 14.2. The van der Waals surface area contributed by atoms with Crippen molar-refractivity contribution in [3.8, 4) is 0 Å². The van der Waals surface area contributed by atoms with Gasteiger partial charge in [-0.15, -0.1) is 10.2 Å². The first-order valence-electron chi connectivity index (χ1n) is 7.36. The summed E-state index contributed by atoms with van der Waals surface area (Å²) in [6.07, 6.45) is 3.70. The fourth-order valence-corrected chi connectivity index (χ4v) is 2.12. The topological polar surface area (TPSA) is 51.0 Å². The maximum Gasteiger partial charge on any atom is 0.217 e. The molecule has 0 aliphatic rings. The van der Waals surface area contributed by atoms with Crippen LogP contribution in [0.3, 0.4) is 0 Å². The molecule has 0 aliphatic heterocycles. The Kier molecular flexibility index (Phi) is 5.74. The highest BCUT2D eigenvalue weighted by atomic mass is 16.4. The van der Waals surface area contributed by atoms with Gasteiger partial charge < -0.3 is 9.73 Å². The molecule has 0 saturated carbocycles. The van der Waals surface area contributed by atoms with Crippen LogP contribution in [0.5, 0.6) is 0 Å². The lowest BCUT2D eigenvalue weighted by Gasteiger charge is -2.02. The average Bonchev–Trinajstić information content (AvgIpc) is 2.91. The van der Waals surface area contributed by atoms with Gasteiger partial charge in [-0.1, -0.05) is 31.2 Å². The fourth-order valence-electron chi connectivity index (χ4n) is 2.12. The SMILES string of the molecule is CCCNCCc1nnc(CCc2ccccc2C)o1. The van der Waals surface area contributed by atoms with Gasteiger partial charge in [0.25, 0.3) is 0 Å². The standard InChI is InChI=1S/C16H23N3O/c1-3-11-17-12-10-16-19-18-15(20-16)9-8-14-7-5-4-6-13(14)2/h4-7,17H,3,8-12H2,1-2H3. The van der Waals surface area contributed by atoms with E-state index < -0.39 is 0 Å². The predicted octanol–water partition coefficient (Wildman–Crippen LogP) is 2.71. The van der Waals surface area contributed by atoms with Crippen LogP contribution in [0.1, 0.15) is 36.3 Å². The number of rotatable bonds is 8. The Balaban J connectivity index is 1.79. The van der Waals surface area contributed by atoms with Gasteiger partial charge in [0.15, 0.2) is 0 Å². The first-order chi connectivity index (χ1) is 9.79. The number of hydrogen-bond acceptors (Lipinski definition) is 4. The van der Waals surface area contributed by atoms with Crippen LogP contribution in [-0.2, 0) is 19.3 Å². The van der Waals surface area contributed by atoms with E-state index in [0.29, 0.717) is 0 Å². The Labute approximate surface area is 120 Å². The maximum absolute atomic E-state index is 5.66. The predicted molar refractivity (Wildman–Crippen MR) is 79.7 cm³/mol. The van der Waals surface area contributed by atoms with Crippen molar-refractivity contribution in [2.24, 2.45) is 0 Å². The summed E-state index contributed by atoms with van der Waals surface area (Å²) in [7, 11) is 0. The molecule has 108 valence electrons. The average molecular weight is 273 g/mol. The van der Waals surface area contributed by atoms with Crippen molar-refractivity contribution in [1.82, 2.24) is 15.5 Å². The molecule has 0 saturated heterocycles. The van der Waals surface area contributed by atoms with Crippen LogP contribution < -0.4 is 5.32 Å².